The van der Waals surface area contributed by atoms with Gasteiger partial charge in [-0.3, -0.25) is 0 Å². The minimum absolute atomic E-state index is 0.186. The Morgan fingerprint density at radius 3 is 2.56 bits per heavy atom. The highest BCUT2D eigenvalue weighted by Crippen LogP contribution is 2.14. The van der Waals surface area contributed by atoms with E-state index in [-0.39, 0.29) is 11.9 Å². The lowest BCUT2D eigenvalue weighted by Gasteiger charge is -2.17. The maximum atomic E-state index is 5.70. The van der Waals surface area contributed by atoms with Crippen LogP contribution in [0.25, 0.3) is 0 Å². The number of rotatable bonds is 4. The third-order valence-electron chi connectivity index (χ3n) is 1.47. The van der Waals surface area contributed by atoms with Gasteiger partial charge in [-0.1, -0.05) is 12.2 Å². The maximum absolute atomic E-state index is 5.70. The van der Waals surface area contributed by atoms with Gasteiger partial charge >= 0.3 is 0 Å². The molecule has 3 atom stereocenters. The normalized spacial score (nSPS) is 17.2. The molecule has 3 unspecified atom stereocenters. The van der Waals surface area contributed by atoms with E-state index in [0.717, 1.165) is 12.6 Å². The first-order valence-electron chi connectivity index (χ1n) is 3.20. The van der Waals surface area contributed by atoms with E-state index in [4.69, 9.17) is 12.6 Å². The largest absolute Gasteiger partial charge is 0.382 e. The summed E-state index contributed by atoms with van der Waals surface area (Å²) in [6.45, 7) is 1.99. The minimum Gasteiger partial charge on any atom is -0.382 e. The highest BCUT2D eigenvalue weighted by atomic mass is 31.0. The zero-order chi connectivity index (χ0) is 7.28. The molecule has 0 aliphatic carbocycles. The van der Waals surface area contributed by atoms with E-state index >= 15 is 0 Å². The lowest BCUT2D eigenvalue weighted by Crippen LogP contribution is -2.14. The van der Waals surface area contributed by atoms with Crippen LogP contribution in [0.4, 0.5) is 0 Å². The van der Waals surface area contributed by atoms with Gasteiger partial charge in [0.05, 0.1) is 7.85 Å². The Balaban J connectivity index is 3.32. The van der Waals surface area contributed by atoms with Gasteiger partial charge in [0.2, 0.25) is 0 Å². The van der Waals surface area contributed by atoms with Crippen LogP contribution in [0.2, 0.25) is 5.82 Å². The molecule has 0 fully saturated rings. The molecule has 0 aromatic carbocycles. The van der Waals surface area contributed by atoms with Crippen LogP contribution in [-0.2, 0) is 4.74 Å². The van der Waals surface area contributed by atoms with Gasteiger partial charge in [0.25, 0.3) is 0 Å². The summed E-state index contributed by atoms with van der Waals surface area (Å²) in [4.78, 5) is 0. The van der Waals surface area contributed by atoms with Crippen LogP contribution < -0.4 is 0 Å². The third kappa shape index (κ3) is 3.94. The molecule has 1 nitrogen and oxygen atoms in total. The van der Waals surface area contributed by atoms with E-state index in [2.05, 4.69) is 9.24 Å². The fourth-order valence-electron chi connectivity index (χ4n) is 0.602. The third-order valence-corrected chi connectivity index (χ3v) is 1.81. The van der Waals surface area contributed by atoms with Crippen LogP contribution in [0.3, 0.4) is 0 Å². The van der Waals surface area contributed by atoms with Gasteiger partial charge in [-0.05, 0) is 13.1 Å². The Morgan fingerprint density at radius 2 is 2.22 bits per heavy atom. The topological polar surface area (TPSA) is 9.23 Å². The number of hydrogen-bond acceptors (Lipinski definition) is 1. The van der Waals surface area contributed by atoms with Gasteiger partial charge in [0.15, 0.2) is 0 Å². The Hall–Kier alpha value is 0.455. The van der Waals surface area contributed by atoms with Crippen molar-refractivity contribution in [1.82, 2.24) is 0 Å². The first kappa shape index (κ1) is 9.45. The molecular weight excluding hydrogens is 130 g/mol. The zero-order valence-electron chi connectivity index (χ0n) is 6.13. The molecule has 0 saturated carbocycles. The van der Waals surface area contributed by atoms with Crippen LogP contribution in [0, 0.1) is 0 Å². The summed E-state index contributed by atoms with van der Waals surface area (Å²) in [6, 6.07) is 0. The predicted octanol–water partition coefficient (Wildman–Crippen LogP) is 1.24. The van der Waals surface area contributed by atoms with Crippen LogP contribution >= 0.6 is 9.24 Å². The summed E-state index contributed by atoms with van der Waals surface area (Å²) in [5.41, 5.74) is 0. The van der Waals surface area contributed by atoms with Gasteiger partial charge in [0.1, 0.15) is 0 Å². The van der Waals surface area contributed by atoms with Crippen LogP contribution in [0.5, 0.6) is 0 Å². The van der Waals surface area contributed by atoms with Gasteiger partial charge in [-0.15, -0.1) is 9.24 Å². The van der Waals surface area contributed by atoms with E-state index in [1.807, 2.05) is 6.92 Å². The number of hydrogen-bond donors (Lipinski definition) is 0. The average molecular weight is 144 g/mol. The van der Waals surface area contributed by atoms with Crippen molar-refractivity contribution in [2.45, 2.75) is 25.3 Å². The maximum Gasteiger partial charge on any atom is 0.0734 e. The Bertz CT molecular complexity index is 70.1. The molecule has 3 heteroatoms. The summed E-state index contributed by atoms with van der Waals surface area (Å²) in [5.74, 6) is 0.187. The molecule has 0 rings (SSSR count). The summed E-state index contributed by atoms with van der Waals surface area (Å²) in [7, 11) is 10.0. The molecule has 0 spiro atoms. The van der Waals surface area contributed by atoms with Crippen molar-refractivity contribution in [3.63, 3.8) is 0 Å². The molecule has 0 aromatic rings. The first-order chi connectivity index (χ1) is 4.22. The first-order valence-corrected chi connectivity index (χ1v) is 4.02. The second-order valence-electron chi connectivity index (χ2n) is 2.18. The summed E-state index contributed by atoms with van der Waals surface area (Å²) in [6.07, 6.45) is 2.25. The van der Waals surface area contributed by atoms with Crippen molar-refractivity contribution in [3.8, 4) is 0 Å². The molecule has 52 valence electrons. The van der Waals surface area contributed by atoms with E-state index in [1.165, 1.54) is 0 Å². The van der Waals surface area contributed by atoms with Gasteiger partial charge in [-0.2, -0.15) is 0 Å². The van der Waals surface area contributed by atoms with Gasteiger partial charge < -0.3 is 4.74 Å². The molecule has 0 bridgehead atoms. The summed E-state index contributed by atoms with van der Waals surface area (Å²) >= 11 is 0. The Labute approximate surface area is 61.2 Å². The molecule has 0 aromatic heterocycles. The molecule has 0 amide bonds. The average Bonchev–Trinajstić information content (AvgIpc) is 1.87. The van der Waals surface area contributed by atoms with Gasteiger partial charge in [-0.25, -0.2) is 0 Å². The highest BCUT2D eigenvalue weighted by molar-refractivity contribution is 7.16. The monoisotopic (exact) mass is 144 g/mol. The predicted molar refractivity (Wildman–Crippen MR) is 45.2 cm³/mol. The summed E-state index contributed by atoms with van der Waals surface area (Å²) in [5, 5.41) is 0. The lowest BCUT2D eigenvalue weighted by molar-refractivity contribution is 0.111. The van der Waals surface area contributed by atoms with Crippen molar-refractivity contribution in [2.75, 3.05) is 13.3 Å². The van der Waals surface area contributed by atoms with Crippen molar-refractivity contribution in [3.05, 3.63) is 0 Å². The van der Waals surface area contributed by atoms with Crippen LogP contribution in [0.15, 0.2) is 0 Å². The fraction of sp³-hybridized carbons (Fsp3) is 1.00. The molecule has 2 radical (unpaired) electrons. The van der Waals surface area contributed by atoms with E-state index in [9.17, 15) is 0 Å². The number of ether oxygens (including phenoxy) is 1. The molecule has 0 heterocycles. The fourth-order valence-corrected chi connectivity index (χ4v) is 0.987. The molecule has 0 aliphatic heterocycles. The molecule has 0 aliphatic rings. The molecule has 9 heavy (non-hydrogen) atoms. The summed E-state index contributed by atoms with van der Waals surface area (Å²) < 4.78 is 5.03. The number of methoxy groups -OCH3 is 1. The second kappa shape index (κ2) is 5.26. The van der Waals surface area contributed by atoms with Crippen LogP contribution in [0.1, 0.15) is 13.3 Å². The highest BCUT2D eigenvalue weighted by Gasteiger charge is 2.07. The second-order valence-corrected chi connectivity index (χ2v) is 2.76. The molecular formula is C6H14BOP. The van der Waals surface area contributed by atoms with E-state index in [0.29, 0.717) is 0 Å². The lowest BCUT2D eigenvalue weighted by atomic mass is 9.81. The van der Waals surface area contributed by atoms with Crippen molar-refractivity contribution >= 4 is 17.1 Å². The standard InChI is InChI=1S/C6H14BOP/c1-5(8-2)6(7)3-4-9/h5-6H,3-4,9H2,1-2H3. The zero-order valence-corrected chi connectivity index (χ0v) is 7.29. The molecule has 0 N–H and O–H groups in total. The van der Waals surface area contributed by atoms with Gasteiger partial charge in [0, 0.05) is 13.2 Å². The SMILES string of the molecule is [B]C(CCP)C(C)OC. The van der Waals surface area contributed by atoms with Crippen molar-refractivity contribution < 1.29 is 4.74 Å². The van der Waals surface area contributed by atoms with E-state index in [1.54, 1.807) is 7.11 Å². The minimum atomic E-state index is 0.186. The van der Waals surface area contributed by atoms with Crippen molar-refractivity contribution in [1.29, 1.82) is 0 Å². The smallest absolute Gasteiger partial charge is 0.0734 e. The quantitative estimate of drug-likeness (QED) is 0.426. The van der Waals surface area contributed by atoms with E-state index < -0.39 is 0 Å². The Kier molecular flexibility index (Phi) is 5.52. The molecule has 0 saturated heterocycles. The Morgan fingerprint density at radius 1 is 1.67 bits per heavy atom. The van der Waals surface area contributed by atoms with Crippen molar-refractivity contribution in [2.24, 2.45) is 0 Å². The van der Waals surface area contributed by atoms with Crippen LogP contribution in [-0.4, -0.2) is 27.2 Å².